The minimum absolute atomic E-state index is 0.0507. The molecule has 2 atom stereocenters. The Morgan fingerprint density at radius 2 is 1.92 bits per heavy atom. The third kappa shape index (κ3) is 5.24. The van der Waals surface area contributed by atoms with Gasteiger partial charge in [0.15, 0.2) is 17.4 Å². The monoisotopic (exact) mass is 503 g/mol. The highest BCUT2D eigenvalue weighted by atomic mass is 19.4. The zero-order valence-electron chi connectivity index (χ0n) is 19.7. The number of nitrogens with zero attached hydrogens (tertiary/aromatic N) is 4. The summed E-state index contributed by atoms with van der Waals surface area (Å²) in [5.41, 5.74) is -0.791. The minimum atomic E-state index is -4.48. The lowest BCUT2D eigenvalue weighted by molar-refractivity contribution is -0.137. The van der Waals surface area contributed by atoms with Crippen molar-refractivity contribution in [2.75, 3.05) is 25.5 Å². The van der Waals surface area contributed by atoms with Crippen LogP contribution >= 0.6 is 0 Å². The Morgan fingerprint density at radius 1 is 1.17 bits per heavy atom. The first kappa shape index (κ1) is 25.3. The first-order valence-electron chi connectivity index (χ1n) is 11.4. The van der Waals surface area contributed by atoms with Gasteiger partial charge in [-0.3, -0.25) is 4.79 Å². The number of methoxy groups -OCH3 is 1. The van der Waals surface area contributed by atoms with Gasteiger partial charge in [-0.05, 0) is 49.1 Å². The van der Waals surface area contributed by atoms with Gasteiger partial charge in [-0.1, -0.05) is 6.92 Å². The zero-order valence-corrected chi connectivity index (χ0v) is 19.7. The maximum absolute atomic E-state index is 15.5. The Balaban J connectivity index is 1.63. The molecule has 0 aliphatic carbocycles. The first-order chi connectivity index (χ1) is 17.2. The number of hydrogen-bond acceptors (Lipinski definition) is 6. The molecule has 1 saturated heterocycles. The second kappa shape index (κ2) is 10.5. The van der Waals surface area contributed by atoms with E-state index in [4.69, 9.17) is 4.74 Å². The highest BCUT2D eigenvalue weighted by Crippen LogP contribution is 2.33. The average molecular weight is 504 g/mol. The van der Waals surface area contributed by atoms with Crippen LogP contribution in [0.3, 0.4) is 0 Å². The molecule has 0 radical (unpaired) electrons. The van der Waals surface area contributed by atoms with Crippen LogP contribution in [0, 0.1) is 11.7 Å². The molecule has 2 aromatic heterocycles. The lowest BCUT2D eigenvalue weighted by atomic mass is 9.89. The van der Waals surface area contributed by atoms with Crippen molar-refractivity contribution in [3.63, 3.8) is 0 Å². The third-order valence-corrected chi connectivity index (χ3v) is 6.31. The van der Waals surface area contributed by atoms with E-state index in [0.29, 0.717) is 6.54 Å². The molecule has 190 valence electrons. The van der Waals surface area contributed by atoms with Gasteiger partial charge in [-0.25, -0.2) is 19.3 Å². The summed E-state index contributed by atoms with van der Waals surface area (Å²) in [6, 6.07) is 6.43. The van der Waals surface area contributed by atoms with E-state index in [2.05, 4.69) is 20.3 Å². The Kier molecular flexibility index (Phi) is 7.37. The number of alkyl halides is 3. The lowest BCUT2D eigenvalue weighted by Crippen LogP contribution is -2.51. The van der Waals surface area contributed by atoms with Crippen molar-refractivity contribution in [2.45, 2.75) is 32.0 Å². The van der Waals surface area contributed by atoms with Crippen LogP contribution in [0.2, 0.25) is 0 Å². The fourth-order valence-corrected chi connectivity index (χ4v) is 4.38. The van der Waals surface area contributed by atoms with E-state index in [0.717, 1.165) is 25.1 Å². The Labute approximate surface area is 205 Å². The molecule has 0 saturated carbocycles. The molecule has 36 heavy (non-hydrogen) atoms. The molecule has 3 aromatic rings. The Hall–Kier alpha value is -3.76. The fraction of sp³-hybridized carbons (Fsp3) is 0.360. The smallest absolute Gasteiger partial charge is 0.417 e. The van der Waals surface area contributed by atoms with Crippen LogP contribution in [0.25, 0.3) is 11.4 Å². The number of likely N-dealkylation sites (tertiary alicyclic amines) is 1. The van der Waals surface area contributed by atoms with Gasteiger partial charge in [-0.15, -0.1) is 0 Å². The van der Waals surface area contributed by atoms with Crippen molar-refractivity contribution in [1.29, 1.82) is 0 Å². The van der Waals surface area contributed by atoms with E-state index in [1.807, 2.05) is 6.92 Å². The molecule has 1 N–H and O–H groups in total. The van der Waals surface area contributed by atoms with Crippen molar-refractivity contribution in [3.8, 4) is 17.1 Å². The molecule has 1 aliphatic rings. The van der Waals surface area contributed by atoms with E-state index < -0.39 is 23.5 Å². The van der Waals surface area contributed by atoms with Crippen molar-refractivity contribution in [1.82, 2.24) is 19.9 Å². The molecule has 3 heterocycles. The predicted molar refractivity (Wildman–Crippen MR) is 125 cm³/mol. The fourth-order valence-electron chi connectivity index (χ4n) is 4.38. The topological polar surface area (TPSA) is 80.2 Å². The summed E-state index contributed by atoms with van der Waals surface area (Å²) in [7, 11) is 1.32. The largest absolute Gasteiger partial charge is 0.494 e. The number of halogens is 4. The number of pyridine rings is 1. The minimum Gasteiger partial charge on any atom is -0.494 e. The molecule has 11 heteroatoms. The molecule has 0 spiro atoms. The second-order valence-electron chi connectivity index (χ2n) is 8.57. The molecular formula is C25H25F4N5O2. The number of benzene rings is 1. The number of amides is 1. The number of carbonyl (C=O) groups is 1. The van der Waals surface area contributed by atoms with E-state index in [1.165, 1.54) is 31.6 Å². The number of carbonyl (C=O) groups excluding carboxylic acids is 1. The van der Waals surface area contributed by atoms with E-state index in [1.54, 1.807) is 17.0 Å². The molecule has 2 unspecified atom stereocenters. The molecule has 1 amide bonds. The van der Waals surface area contributed by atoms with Gasteiger partial charge in [0.2, 0.25) is 0 Å². The zero-order chi connectivity index (χ0) is 25.9. The summed E-state index contributed by atoms with van der Waals surface area (Å²) in [4.78, 5) is 27.6. The lowest BCUT2D eigenvalue weighted by Gasteiger charge is -2.40. The van der Waals surface area contributed by atoms with E-state index in [-0.39, 0.29) is 47.0 Å². The van der Waals surface area contributed by atoms with Crippen molar-refractivity contribution < 1.29 is 27.1 Å². The number of hydrogen-bond donors (Lipinski definition) is 1. The number of piperidine rings is 1. The van der Waals surface area contributed by atoms with Gasteiger partial charge in [-0.2, -0.15) is 13.2 Å². The van der Waals surface area contributed by atoms with Crippen LogP contribution in [0.5, 0.6) is 5.75 Å². The van der Waals surface area contributed by atoms with Crippen LogP contribution < -0.4 is 10.1 Å². The molecule has 1 fully saturated rings. The molecule has 1 aromatic carbocycles. The highest BCUT2D eigenvalue weighted by molar-refractivity contribution is 6.01. The maximum atomic E-state index is 15.5. The van der Waals surface area contributed by atoms with E-state index >= 15 is 4.39 Å². The number of aromatic nitrogens is 3. The summed E-state index contributed by atoms with van der Waals surface area (Å²) >= 11 is 0. The highest BCUT2D eigenvalue weighted by Gasteiger charge is 2.36. The summed E-state index contributed by atoms with van der Waals surface area (Å²) in [6.45, 7) is 2.60. The van der Waals surface area contributed by atoms with Crippen molar-refractivity contribution in [3.05, 3.63) is 65.9 Å². The van der Waals surface area contributed by atoms with Crippen LogP contribution in [-0.4, -0.2) is 52.0 Å². The van der Waals surface area contributed by atoms with Gasteiger partial charge in [0.1, 0.15) is 5.82 Å². The normalized spacial score (nSPS) is 18.1. The third-order valence-electron chi connectivity index (χ3n) is 6.31. The summed E-state index contributed by atoms with van der Waals surface area (Å²) < 4.78 is 59.1. The summed E-state index contributed by atoms with van der Waals surface area (Å²) in [6.07, 6.45) is 0.856. The quantitative estimate of drug-likeness (QED) is 0.474. The maximum Gasteiger partial charge on any atom is 0.417 e. The average Bonchev–Trinajstić information content (AvgIpc) is 2.87. The summed E-state index contributed by atoms with van der Waals surface area (Å²) in [5, 5.41) is 3.03. The second-order valence-corrected chi connectivity index (χ2v) is 8.57. The van der Waals surface area contributed by atoms with Gasteiger partial charge in [0.05, 0.1) is 24.3 Å². The van der Waals surface area contributed by atoms with Crippen molar-refractivity contribution in [2.24, 2.45) is 5.92 Å². The SMILES string of the molecule is COc1ccc(-c2ncccn2)c(C(=O)N2CCCC(C)C2CNc2ccc(C(F)(F)F)cn2)c1F. The molecule has 7 nitrogen and oxygen atoms in total. The number of ether oxygens (including phenoxy) is 1. The molecular weight excluding hydrogens is 478 g/mol. The van der Waals surface area contributed by atoms with Crippen LogP contribution in [0.4, 0.5) is 23.4 Å². The van der Waals surface area contributed by atoms with E-state index in [9.17, 15) is 18.0 Å². The molecule has 4 rings (SSSR count). The van der Waals surface area contributed by atoms with Crippen LogP contribution in [-0.2, 0) is 6.18 Å². The van der Waals surface area contributed by atoms with Crippen LogP contribution in [0.15, 0.2) is 48.9 Å². The van der Waals surface area contributed by atoms with Gasteiger partial charge in [0.25, 0.3) is 5.91 Å². The standard InChI is InChI=1S/C25H25F4N5O2/c1-15-5-3-12-34(18(15)14-33-20-9-6-16(13-32-20)25(27,28)29)24(35)21-17(23-30-10-4-11-31-23)7-8-19(36-2)22(21)26/h4,6-11,13,15,18H,3,5,12,14H2,1-2H3,(H,32,33). The summed E-state index contributed by atoms with van der Waals surface area (Å²) in [5.74, 6) is -0.911. The van der Waals surface area contributed by atoms with Gasteiger partial charge >= 0.3 is 6.18 Å². The molecule has 1 aliphatic heterocycles. The number of nitrogens with one attached hydrogen (secondary N) is 1. The van der Waals surface area contributed by atoms with Gasteiger partial charge in [0, 0.05) is 37.2 Å². The Bertz CT molecular complexity index is 1210. The van der Waals surface area contributed by atoms with Crippen LogP contribution in [0.1, 0.15) is 35.7 Å². The Morgan fingerprint density at radius 3 is 2.56 bits per heavy atom. The van der Waals surface area contributed by atoms with Crippen molar-refractivity contribution >= 4 is 11.7 Å². The predicted octanol–water partition coefficient (Wildman–Crippen LogP) is 5.06. The number of anilines is 1. The molecule has 0 bridgehead atoms. The number of rotatable bonds is 6. The first-order valence-corrected chi connectivity index (χ1v) is 11.4. The van der Waals surface area contributed by atoms with Gasteiger partial charge < -0.3 is 15.0 Å².